The largest absolute Gasteiger partial charge is 0.378 e. The summed E-state index contributed by atoms with van der Waals surface area (Å²) >= 11 is 0. The van der Waals surface area contributed by atoms with Crippen molar-refractivity contribution in [1.82, 2.24) is 10.1 Å². The van der Waals surface area contributed by atoms with E-state index < -0.39 is 0 Å². The first kappa shape index (κ1) is 23.8. The second-order valence-electron chi connectivity index (χ2n) is 8.58. The molecular weight excluding hydrogens is 435 g/mol. The highest BCUT2D eigenvalue weighted by Crippen LogP contribution is 2.34. The summed E-state index contributed by atoms with van der Waals surface area (Å²) < 4.78 is 26.0. The van der Waals surface area contributed by atoms with Gasteiger partial charge in [-0.3, -0.25) is 0 Å². The number of halogens is 1. The number of aromatic nitrogens is 1. The molecule has 1 saturated heterocycles. The summed E-state index contributed by atoms with van der Waals surface area (Å²) in [5.74, 6) is 0.169. The molecule has 0 saturated carbocycles. The Morgan fingerprint density at radius 1 is 1.18 bits per heavy atom. The highest BCUT2D eigenvalue weighted by Gasteiger charge is 2.29. The Morgan fingerprint density at radius 3 is 2.56 bits per heavy atom. The van der Waals surface area contributed by atoms with E-state index in [1.807, 2.05) is 49.9 Å². The number of morpholine rings is 1. The van der Waals surface area contributed by atoms with Crippen LogP contribution in [0.2, 0.25) is 0 Å². The van der Waals surface area contributed by atoms with Crippen LogP contribution in [-0.2, 0) is 11.3 Å². The molecule has 2 amide bonds. The van der Waals surface area contributed by atoms with Crippen molar-refractivity contribution in [3.63, 3.8) is 0 Å². The van der Waals surface area contributed by atoms with Crippen LogP contribution in [0.5, 0.6) is 0 Å². The quantitative estimate of drug-likeness (QED) is 0.501. The number of urea groups is 1. The number of ether oxygens (including phenoxy) is 1. The standard InChI is InChI=1S/C26H31FN4O3/c1-4-19(3)31(26(32)28-20-11-9-18(2)10-12-20)17-22-24(21-7-5-6-8-23(21)27)29-34-25(22)30-13-15-33-16-14-30/h5-12,19H,4,13-17H2,1-3H3,(H,28,32)/t19-/m0/s1. The highest BCUT2D eigenvalue weighted by atomic mass is 19.1. The molecule has 0 bridgehead atoms. The molecule has 34 heavy (non-hydrogen) atoms. The van der Waals surface area contributed by atoms with Crippen LogP contribution >= 0.6 is 0 Å². The fraction of sp³-hybridized carbons (Fsp3) is 0.385. The van der Waals surface area contributed by atoms with Crippen molar-refractivity contribution >= 4 is 17.6 Å². The lowest BCUT2D eigenvalue weighted by Gasteiger charge is -2.31. The van der Waals surface area contributed by atoms with E-state index >= 15 is 0 Å². The van der Waals surface area contributed by atoms with Crippen LogP contribution in [0.3, 0.4) is 0 Å². The molecule has 1 N–H and O–H groups in total. The van der Waals surface area contributed by atoms with Gasteiger partial charge in [0.15, 0.2) is 0 Å². The maximum absolute atomic E-state index is 14.7. The molecule has 1 aromatic heterocycles. The molecule has 2 heterocycles. The Hall–Kier alpha value is -3.39. The zero-order valence-electron chi connectivity index (χ0n) is 19.9. The van der Waals surface area contributed by atoms with E-state index in [0.29, 0.717) is 49.0 Å². The zero-order chi connectivity index (χ0) is 24.1. The number of hydrogen-bond acceptors (Lipinski definition) is 5. The third-order valence-electron chi connectivity index (χ3n) is 6.21. The summed E-state index contributed by atoms with van der Waals surface area (Å²) in [6, 6.07) is 13.9. The van der Waals surface area contributed by atoms with Crippen molar-refractivity contribution in [2.75, 3.05) is 36.5 Å². The molecule has 0 radical (unpaired) electrons. The van der Waals surface area contributed by atoms with E-state index in [2.05, 4.69) is 10.5 Å². The SMILES string of the molecule is CC[C@H](C)N(Cc1c(-c2ccccc2F)noc1N1CCOCC1)C(=O)Nc1ccc(C)cc1. The highest BCUT2D eigenvalue weighted by molar-refractivity contribution is 5.89. The van der Waals surface area contributed by atoms with Gasteiger partial charge in [0.2, 0.25) is 5.88 Å². The van der Waals surface area contributed by atoms with Crippen LogP contribution in [0, 0.1) is 12.7 Å². The molecule has 0 unspecified atom stereocenters. The van der Waals surface area contributed by atoms with Gasteiger partial charge in [-0.2, -0.15) is 0 Å². The lowest BCUT2D eigenvalue weighted by atomic mass is 10.0. The lowest BCUT2D eigenvalue weighted by molar-refractivity contribution is 0.119. The second kappa shape index (κ2) is 10.7. The van der Waals surface area contributed by atoms with Gasteiger partial charge in [0.05, 0.1) is 25.3 Å². The molecule has 7 nitrogen and oxygen atoms in total. The van der Waals surface area contributed by atoms with Crippen molar-refractivity contribution in [3.8, 4) is 11.3 Å². The molecule has 0 spiro atoms. The molecule has 1 atom stereocenters. The van der Waals surface area contributed by atoms with Crippen LogP contribution in [0.1, 0.15) is 31.4 Å². The van der Waals surface area contributed by atoms with E-state index in [0.717, 1.165) is 17.7 Å². The van der Waals surface area contributed by atoms with Crippen molar-refractivity contribution in [1.29, 1.82) is 0 Å². The molecule has 1 aliphatic heterocycles. The lowest BCUT2D eigenvalue weighted by Crippen LogP contribution is -2.41. The maximum atomic E-state index is 14.7. The Bertz CT molecular complexity index is 1110. The maximum Gasteiger partial charge on any atom is 0.322 e. The summed E-state index contributed by atoms with van der Waals surface area (Å²) in [5, 5.41) is 7.25. The fourth-order valence-corrected chi connectivity index (χ4v) is 3.97. The number of benzene rings is 2. The molecular formula is C26H31FN4O3. The monoisotopic (exact) mass is 466 g/mol. The Labute approximate surface area is 199 Å². The molecule has 4 rings (SSSR count). The summed E-state index contributed by atoms with van der Waals surface area (Å²) in [7, 11) is 0. The van der Waals surface area contributed by atoms with Gasteiger partial charge in [0, 0.05) is 30.4 Å². The number of nitrogens with zero attached hydrogens (tertiary/aromatic N) is 3. The first-order chi connectivity index (χ1) is 16.5. The summed E-state index contributed by atoms with van der Waals surface area (Å²) in [4.78, 5) is 17.2. The van der Waals surface area contributed by atoms with Crippen LogP contribution in [0.15, 0.2) is 53.1 Å². The van der Waals surface area contributed by atoms with Gasteiger partial charge in [-0.1, -0.05) is 41.9 Å². The van der Waals surface area contributed by atoms with E-state index in [-0.39, 0.29) is 24.4 Å². The minimum absolute atomic E-state index is 0.0636. The third kappa shape index (κ3) is 5.22. The molecule has 1 fully saturated rings. The Kier molecular flexibility index (Phi) is 7.47. The molecule has 2 aromatic carbocycles. The van der Waals surface area contributed by atoms with Gasteiger partial charge >= 0.3 is 6.03 Å². The number of carbonyl (C=O) groups is 1. The Morgan fingerprint density at radius 2 is 1.88 bits per heavy atom. The van der Waals surface area contributed by atoms with Crippen molar-refractivity contribution < 1.29 is 18.4 Å². The number of carbonyl (C=O) groups excluding carboxylic acids is 1. The third-order valence-corrected chi connectivity index (χ3v) is 6.21. The summed E-state index contributed by atoms with van der Waals surface area (Å²) in [6.07, 6.45) is 0.758. The van der Waals surface area contributed by atoms with Crippen LogP contribution in [-0.4, -0.2) is 48.4 Å². The van der Waals surface area contributed by atoms with Gasteiger partial charge in [0.1, 0.15) is 11.5 Å². The predicted octanol–water partition coefficient (Wildman–Crippen LogP) is 5.46. The van der Waals surface area contributed by atoms with Gasteiger partial charge in [0.25, 0.3) is 0 Å². The number of anilines is 2. The normalized spacial score (nSPS) is 14.6. The minimum Gasteiger partial charge on any atom is -0.378 e. The van der Waals surface area contributed by atoms with Gasteiger partial charge < -0.3 is 24.4 Å². The van der Waals surface area contributed by atoms with Crippen molar-refractivity contribution in [3.05, 3.63) is 65.5 Å². The van der Waals surface area contributed by atoms with E-state index in [1.54, 1.807) is 23.1 Å². The number of rotatable bonds is 7. The van der Waals surface area contributed by atoms with Crippen molar-refractivity contribution in [2.24, 2.45) is 0 Å². The zero-order valence-corrected chi connectivity index (χ0v) is 19.9. The van der Waals surface area contributed by atoms with Crippen LogP contribution in [0.25, 0.3) is 11.3 Å². The first-order valence-corrected chi connectivity index (χ1v) is 11.7. The van der Waals surface area contributed by atoms with E-state index in [9.17, 15) is 9.18 Å². The average Bonchev–Trinajstić information content (AvgIpc) is 3.27. The minimum atomic E-state index is -0.384. The molecule has 8 heteroatoms. The van der Waals surface area contributed by atoms with E-state index in [1.165, 1.54) is 6.07 Å². The molecule has 3 aromatic rings. The summed E-state index contributed by atoms with van der Waals surface area (Å²) in [6.45, 7) is 8.67. The molecule has 180 valence electrons. The van der Waals surface area contributed by atoms with Gasteiger partial charge in [-0.25, -0.2) is 9.18 Å². The number of amides is 2. The molecule has 0 aliphatic carbocycles. The smallest absolute Gasteiger partial charge is 0.322 e. The number of aryl methyl sites for hydroxylation is 1. The van der Waals surface area contributed by atoms with Crippen LogP contribution in [0.4, 0.5) is 20.8 Å². The van der Waals surface area contributed by atoms with Crippen molar-refractivity contribution in [2.45, 2.75) is 39.8 Å². The number of hydrogen-bond donors (Lipinski definition) is 1. The van der Waals surface area contributed by atoms with Gasteiger partial charge in [-0.15, -0.1) is 0 Å². The first-order valence-electron chi connectivity index (χ1n) is 11.7. The topological polar surface area (TPSA) is 70.8 Å². The fourth-order valence-electron chi connectivity index (χ4n) is 3.97. The Balaban J connectivity index is 1.70. The number of nitrogens with one attached hydrogen (secondary N) is 1. The average molecular weight is 467 g/mol. The molecule has 1 aliphatic rings. The predicted molar refractivity (Wildman–Crippen MR) is 130 cm³/mol. The van der Waals surface area contributed by atoms with Crippen LogP contribution < -0.4 is 10.2 Å². The van der Waals surface area contributed by atoms with Gasteiger partial charge in [-0.05, 0) is 44.5 Å². The van der Waals surface area contributed by atoms with E-state index in [4.69, 9.17) is 9.26 Å². The second-order valence-corrected chi connectivity index (χ2v) is 8.58. The summed E-state index contributed by atoms with van der Waals surface area (Å²) in [5.41, 5.74) is 3.29.